The van der Waals surface area contributed by atoms with Crippen LogP contribution in [-0.2, 0) is 17.9 Å². The van der Waals surface area contributed by atoms with Crippen molar-refractivity contribution in [1.29, 1.82) is 0 Å². The van der Waals surface area contributed by atoms with Gasteiger partial charge in [-0.25, -0.2) is 0 Å². The monoisotopic (exact) mass is 449 g/mol. The highest BCUT2D eigenvalue weighted by molar-refractivity contribution is 8.00. The Morgan fingerprint density at radius 2 is 1.66 bits per heavy atom. The van der Waals surface area contributed by atoms with Crippen LogP contribution in [0.15, 0.2) is 65.8 Å². The molecule has 4 rings (SSSR count). The molecule has 1 fully saturated rings. The lowest BCUT2D eigenvalue weighted by molar-refractivity contribution is -0.117. The summed E-state index contributed by atoms with van der Waals surface area (Å²) < 4.78 is 2.18. The number of benzene rings is 2. The van der Waals surface area contributed by atoms with Crippen molar-refractivity contribution in [3.8, 4) is 0 Å². The molecule has 0 N–H and O–H groups in total. The zero-order valence-electron chi connectivity index (χ0n) is 18.9. The molecule has 0 aliphatic carbocycles. The summed E-state index contributed by atoms with van der Waals surface area (Å²) in [5, 5.41) is 9.58. The number of anilines is 1. The van der Waals surface area contributed by atoms with Gasteiger partial charge >= 0.3 is 0 Å². The number of hydrogen-bond donors (Lipinski definition) is 0. The van der Waals surface area contributed by atoms with E-state index in [4.69, 9.17) is 0 Å². The van der Waals surface area contributed by atoms with Crippen LogP contribution in [-0.4, -0.2) is 50.5 Å². The number of hydrogen-bond acceptors (Lipinski definition) is 5. The number of para-hydroxylation sites is 1. The molecule has 2 aromatic carbocycles. The molecule has 7 heteroatoms. The summed E-state index contributed by atoms with van der Waals surface area (Å²) in [6.45, 7) is 8.32. The fraction of sp³-hybridized carbons (Fsp3) is 0.400. The Balaban J connectivity index is 1.55. The molecule has 32 heavy (non-hydrogen) atoms. The summed E-state index contributed by atoms with van der Waals surface area (Å²) in [7, 11) is 0. The molecule has 1 aliphatic heterocycles. The van der Waals surface area contributed by atoms with E-state index in [9.17, 15) is 4.79 Å². The molecule has 1 saturated heterocycles. The predicted molar refractivity (Wildman–Crippen MR) is 130 cm³/mol. The highest BCUT2D eigenvalue weighted by Gasteiger charge is 2.25. The summed E-state index contributed by atoms with van der Waals surface area (Å²) in [5.74, 6) is 1.05. The van der Waals surface area contributed by atoms with Crippen LogP contribution in [0.3, 0.4) is 0 Å². The third-order valence-corrected chi connectivity index (χ3v) is 6.89. The minimum Gasteiger partial charge on any atom is -0.312 e. The normalized spacial score (nSPS) is 15.1. The van der Waals surface area contributed by atoms with Crippen LogP contribution < -0.4 is 4.90 Å². The van der Waals surface area contributed by atoms with Gasteiger partial charge in [0.15, 0.2) is 5.16 Å². The maximum Gasteiger partial charge on any atom is 0.240 e. The van der Waals surface area contributed by atoms with E-state index < -0.39 is 0 Å². The lowest BCUT2D eigenvalue weighted by Crippen LogP contribution is -2.36. The van der Waals surface area contributed by atoms with E-state index in [1.54, 1.807) is 0 Å². The molecule has 3 aromatic rings. The minimum absolute atomic E-state index is 0.0825. The standard InChI is InChI=1S/C25H31N5OS/c1-3-29(22-14-8-5-9-15-22)24(31)20(2)32-25-27-26-23(19-28-16-10-11-17-28)30(25)18-21-12-6-4-7-13-21/h4-9,12-15,20H,3,10-11,16-19H2,1-2H3. The van der Waals surface area contributed by atoms with Crippen molar-refractivity contribution in [3.63, 3.8) is 0 Å². The fourth-order valence-corrected chi connectivity index (χ4v) is 5.02. The molecule has 0 spiro atoms. The predicted octanol–water partition coefficient (Wildman–Crippen LogP) is 4.46. The molecule has 6 nitrogen and oxygen atoms in total. The van der Waals surface area contributed by atoms with Crippen molar-refractivity contribution in [2.75, 3.05) is 24.5 Å². The first-order valence-corrected chi connectivity index (χ1v) is 12.2. The number of likely N-dealkylation sites (tertiary alicyclic amines) is 1. The number of amides is 1. The first-order valence-electron chi connectivity index (χ1n) is 11.4. The van der Waals surface area contributed by atoms with Crippen molar-refractivity contribution in [3.05, 3.63) is 72.1 Å². The third kappa shape index (κ3) is 5.40. The Morgan fingerprint density at radius 3 is 2.31 bits per heavy atom. The fourth-order valence-electron chi connectivity index (χ4n) is 4.09. The van der Waals surface area contributed by atoms with Crippen LogP contribution >= 0.6 is 11.8 Å². The number of aromatic nitrogens is 3. The average Bonchev–Trinajstić information content (AvgIpc) is 3.47. The van der Waals surface area contributed by atoms with Crippen LogP contribution in [0.1, 0.15) is 38.1 Å². The molecule has 1 unspecified atom stereocenters. The lowest BCUT2D eigenvalue weighted by Gasteiger charge is -2.24. The van der Waals surface area contributed by atoms with Crippen molar-refractivity contribution in [1.82, 2.24) is 19.7 Å². The number of nitrogens with zero attached hydrogens (tertiary/aromatic N) is 5. The molecule has 0 saturated carbocycles. The van der Waals surface area contributed by atoms with E-state index in [0.717, 1.165) is 36.3 Å². The van der Waals surface area contributed by atoms with E-state index in [1.807, 2.05) is 55.1 Å². The van der Waals surface area contributed by atoms with Gasteiger partial charge in [0.2, 0.25) is 5.91 Å². The zero-order chi connectivity index (χ0) is 22.3. The summed E-state index contributed by atoms with van der Waals surface area (Å²) in [6.07, 6.45) is 2.48. The van der Waals surface area contributed by atoms with Crippen LogP contribution in [0.25, 0.3) is 0 Å². The van der Waals surface area contributed by atoms with Gasteiger partial charge in [-0.15, -0.1) is 10.2 Å². The Kier molecular flexibility index (Phi) is 7.60. The summed E-state index contributed by atoms with van der Waals surface area (Å²) in [4.78, 5) is 17.5. The molecular formula is C25H31N5OS. The maximum atomic E-state index is 13.3. The SMILES string of the molecule is CCN(C(=O)C(C)Sc1nnc(CN2CCCC2)n1Cc1ccccc1)c1ccccc1. The Bertz CT molecular complexity index is 1000. The van der Waals surface area contributed by atoms with Crippen molar-refractivity contribution in [2.45, 2.75) is 50.2 Å². The highest BCUT2D eigenvalue weighted by Crippen LogP contribution is 2.27. The average molecular weight is 450 g/mol. The molecule has 1 amide bonds. The maximum absolute atomic E-state index is 13.3. The third-order valence-electron chi connectivity index (χ3n) is 5.82. The number of carbonyl (C=O) groups excluding carboxylic acids is 1. The van der Waals surface area contributed by atoms with Gasteiger partial charge in [-0.1, -0.05) is 60.3 Å². The highest BCUT2D eigenvalue weighted by atomic mass is 32.2. The van der Waals surface area contributed by atoms with Gasteiger partial charge < -0.3 is 9.47 Å². The summed E-state index contributed by atoms with van der Waals surface area (Å²) >= 11 is 1.49. The smallest absolute Gasteiger partial charge is 0.240 e. The molecule has 1 aromatic heterocycles. The van der Waals surface area contributed by atoms with Crippen molar-refractivity contribution >= 4 is 23.4 Å². The van der Waals surface area contributed by atoms with Gasteiger partial charge in [0.05, 0.1) is 18.3 Å². The van der Waals surface area contributed by atoms with E-state index in [0.29, 0.717) is 13.1 Å². The van der Waals surface area contributed by atoms with Gasteiger partial charge in [0, 0.05) is 12.2 Å². The van der Waals surface area contributed by atoms with E-state index in [2.05, 4.69) is 43.9 Å². The number of rotatable bonds is 9. The second-order valence-corrected chi connectivity index (χ2v) is 9.44. The summed E-state index contributed by atoms with van der Waals surface area (Å²) in [6, 6.07) is 20.2. The minimum atomic E-state index is -0.270. The topological polar surface area (TPSA) is 54.3 Å². The second-order valence-electron chi connectivity index (χ2n) is 8.13. The number of thioether (sulfide) groups is 1. The van der Waals surface area contributed by atoms with Crippen LogP contribution in [0.2, 0.25) is 0 Å². The summed E-state index contributed by atoms with van der Waals surface area (Å²) in [5.41, 5.74) is 2.13. The van der Waals surface area contributed by atoms with Crippen LogP contribution in [0, 0.1) is 0 Å². The zero-order valence-corrected chi connectivity index (χ0v) is 19.7. The first kappa shape index (κ1) is 22.6. The van der Waals surface area contributed by atoms with Gasteiger partial charge in [-0.05, 0) is 57.5 Å². The van der Waals surface area contributed by atoms with Gasteiger partial charge in [0.25, 0.3) is 0 Å². The Hall–Kier alpha value is -2.64. The van der Waals surface area contributed by atoms with Crippen molar-refractivity contribution in [2.24, 2.45) is 0 Å². The lowest BCUT2D eigenvalue weighted by atomic mass is 10.2. The quantitative estimate of drug-likeness (QED) is 0.452. The Labute approximate surface area is 194 Å². The molecule has 168 valence electrons. The molecular weight excluding hydrogens is 418 g/mol. The van der Waals surface area contributed by atoms with Crippen LogP contribution in [0.5, 0.6) is 0 Å². The van der Waals surface area contributed by atoms with Gasteiger partial charge in [-0.3, -0.25) is 9.69 Å². The number of carbonyl (C=O) groups is 1. The molecule has 0 bridgehead atoms. The molecule has 0 radical (unpaired) electrons. The van der Waals surface area contributed by atoms with E-state index >= 15 is 0 Å². The molecule has 1 aliphatic rings. The van der Waals surface area contributed by atoms with Crippen molar-refractivity contribution < 1.29 is 4.79 Å². The Morgan fingerprint density at radius 1 is 1.00 bits per heavy atom. The van der Waals surface area contributed by atoms with Gasteiger partial charge in [-0.2, -0.15) is 0 Å². The van der Waals surface area contributed by atoms with Gasteiger partial charge in [0.1, 0.15) is 5.82 Å². The first-order chi connectivity index (χ1) is 15.7. The molecule has 2 heterocycles. The van der Waals surface area contributed by atoms with E-state index in [-0.39, 0.29) is 11.2 Å². The van der Waals surface area contributed by atoms with Crippen LogP contribution in [0.4, 0.5) is 5.69 Å². The molecule has 1 atom stereocenters. The van der Waals surface area contributed by atoms with E-state index in [1.165, 1.54) is 30.2 Å². The largest absolute Gasteiger partial charge is 0.312 e. The second kappa shape index (κ2) is 10.8.